The normalized spacial score (nSPS) is 21.8. The maximum Gasteiger partial charge on any atom is 0.130 e. The highest BCUT2D eigenvalue weighted by atomic mass is 16.5. The Morgan fingerprint density at radius 1 is 1.06 bits per heavy atom. The van der Waals surface area contributed by atoms with E-state index in [4.69, 9.17) is 4.74 Å². The zero-order valence-electron chi connectivity index (χ0n) is 9.10. The van der Waals surface area contributed by atoms with Crippen molar-refractivity contribution in [3.05, 3.63) is 41.5 Å². The molecule has 0 aliphatic heterocycles. The summed E-state index contributed by atoms with van der Waals surface area (Å²) < 4.78 is 5.19. The summed E-state index contributed by atoms with van der Waals surface area (Å²) in [6.45, 7) is 0. The van der Waals surface area contributed by atoms with Gasteiger partial charge < -0.3 is 14.9 Å². The van der Waals surface area contributed by atoms with E-state index in [0.29, 0.717) is 29.7 Å². The molecule has 2 N–H and O–H groups in total. The van der Waals surface area contributed by atoms with Crippen molar-refractivity contribution in [1.29, 1.82) is 0 Å². The Hall–Kier alpha value is -1.90. The van der Waals surface area contributed by atoms with Gasteiger partial charge in [-0.1, -0.05) is 12.1 Å². The van der Waals surface area contributed by atoms with Crippen LogP contribution < -0.4 is 4.74 Å². The van der Waals surface area contributed by atoms with Crippen molar-refractivity contribution in [2.45, 2.75) is 12.8 Å². The highest BCUT2D eigenvalue weighted by molar-refractivity contribution is 5.78. The third kappa shape index (κ3) is 1.76. The summed E-state index contributed by atoms with van der Waals surface area (Å²) in [7, 11) is 1.54. The first-order valence-corrected chi connectivity index (χ1v) is 5.20. The zero-order valence-corrected chi connectivity index (χ0v) is 9.10. The van der Waals surface area contributed by atoms with E-state index in [1.54, 1.807) is 37.5 Å². The predicted molar refractivity (Wildman–Crippen MR) is 63.4 cm³/mol. The quantitative estimate of drug-likeness (QED) is 0.760. The summed E-state index contributed by atoms with van der Waals surface area (Å²) in [5.74, 6) is 0.911. The number of rotatable bonds is 1. The van der Waals surface area contributed by atoms with Gasteiger partial charge in [0.05, 0.1) is 12.7 Å². The number of aliphatic hydroxyl groups is 2. The number of fused-ring (bicyclic) bond motifs is 1. The topological polar surface area (TPSA) is 49.7 Å². The molecule has 0 saturated heterocycles. The standard InChI is InChI=1S/C13H14O3/c1-16-12-8-4-5-9-10(14)6-2-3-7-11(15)13(9)12/h4-8,14-15H,2-3H2,1H3/b10-6+,11-7+. The fourth-order valence-electron chi connectivity index (χ4n) is 1.83. The van der Waals surface area contributed by atoms with Gasteiger partial charge in [0.1, 0.15) is 17.3 Å². The van der Waals surface area contributed by atoms with E-state index in [1.807, 2.05) is 0 Å². The molecule has 0 atom stereocenters. The minimum Gasteiger partial charge on any atom is -0.508 e. The van der Waals surface area contributed by atoms with E-state index in [0.717, 1.165) is 0 Å². The van der Waals surface area contributed by atoms with E-state index >= 15 is 0 Å². The molecule has 0 radical (unpaired) electrons. The minimum absolute atomic E-state index is 0.159. The van der Waals surface area contributed by atoms with Crippen LogP contribution in [0.15, 0.2) is 30.4 Å². The summed E-state index contributed by atoms with van der Waals surface area (Å²) >= 11 is 0. The maximum atomic E-state index is 9.94. The predicted octanol–water partition coefficient (Wildman–Crippen LogP) is 3.29. The molecular formula is C13H14O3. The molecule has 0 amide bonds. The number of hydrogen-bond acceptors (Lipinski definition) is 3. The second-order valence-corrected chi connectivity index (χ2v) is 3.64. The Morgan fingerprint density at radius 2 is 1.75 bits per heavy atom. The molecular weight excluding hydrogens is 204 g/mol. The Labute approximate surface area is 94.3 Å². The summed E-state index contributed by atoms with van der Waals surface area (Å²) in [5, 5.41) is 19.8. The van der Waals surface area contributed by atoms with Crippen molar-refractivity contribution in [2.24, 2.45) is 0 Å². The van der Waals surface area contributed by atoms with Crippen LogP contribution in [0.3, 0.4) is 0 Å². The zero-order chi connectivity index (χ0) is 11.5. The van der Waals surface area contributed by atoms with Gasteiger partial charge in [0.2, 0.25) is 0 Å². The number of benzene rings is 1. The molecule has 1 aromatic rings. The Bertz CT molecular complexity index is 458. The largest absolute Gasteiger partial charge is 0.508 e. The van der Waals surface area contributed by atoms with Crippen molar-refractivity contribution < 1.29 is 14.9 Å². The van der Waals surface area contributed by atoms with E-state index in [9.17, 15) is 10.2 Å². The third-order valence-corrected chi connectivity index (χ3v) is 2.62. The number of aliphatic hydroxyl groups excluding tert-OH is 2. The van der Waals surface area contributed by atoms with Gasteiger partial charge in [0.25, 0.3) is 0 Å². The monoisotopic (exact) mass is 218 g/mol. The van der Waals surface area contributed by atoms with E-state index in [-0.39, 0.29) is 11.5 Å². The van der Waals surface area contributed by atoms with Crippen LogP contribution in [0.25, 0.3) is 11.5 Å². The second-order valence-electron chi connectivity index (χ2n) is 3.64. The van der Waals surface area contributed by atoms with Crippen LogP contribution in [-0.2, 0) is 0 Å². The number of hydrogen-bond donors (Lipinski definition) is 2. The lowest BCUT2D eigenvalue weighted by Gasteiger charge is -2.14. The molecule has 0 spiro atoms. The fraction of sp³-hybridized carbons (Fsp3) is 0.231. The van der Waals surface area contributed by atoms with Crippen molar-refractivity contribution >= 4 is 11.5 Å². The van der Waals surface area contributed by atoms with Crippen LogP contribution >= 0.6 is 0 Å². The van der Waals surface area contributed by atoms with E-state index in [1.165, 1.54) is 0 Å². The van der Waals surface area contributed by atoms with Crippen LogP contribution in [-0.4, -0.2) is 17.3 Å². The molecule has 2 rings (SSSR count). The smallest absolute Gasteiger partial charge is 0.130 e. The second kappa shape index (κ2) is 4.31. The summed E-state index contributed by atoms with van der Waals surface area (Å²) in [6, 6.07) is 5.31. The molecule has 3 nitrogen and oxygen atoms in total. The summed E-state index contributed by atoms with van der Waals surface area (Å²) in [6.07, 6.45) is 4.91. The average molecular weight is 218 g/mol. The van der Waals surface area contributed by atoms with E-state index in [2.05, 4.69) is 0 Å². The maximum absolute atomic E-state index is 9.94. The Morgan fingerprint density at radius 3 is 2.44 bits per heavy atom. The van der Waals surface area contributed by atoms with Gasteiger partial charge in [0.15, 0.2) is 0 Å². The molecule has 0 aromatic heterocycles. The van der Waals surface area contributed by atoms with Crippen LogP contribution in [0.4, 0.5) is 0 Å². The molecule has 3 heteroatoms. The molecule has 16 heavy (non-hydrogen) atoms. The molecule has 1 aliphatic rings. The summed E-state index contributed by atoms with van der Waals surface area (Å²) in [5.41, 5.74) is 1.16. The first-order valence-electron chi connectivity index (χ1n) is 5.20. The lowest BCUT2D eigenvalue weighted by atomic mass is 9.99. The lowest BCUT2D eigenvalue weighted by molar-refractivity contribution is 0.407. The third-order valence-electron chi connectivity index (χ3n) is 2.62. The van der Waals surface area contributed by atoms with Crippen molar-refractivity contribution in [3.63, 3.8) is 0 Å². The van der Waals surface area contributed by atoms with Crippen molar-refractivity contribution in [1.82, 2.24) is 0 Å². The van der Waals surface area contributed by atoms with Gasteiger partial charge in [0, 0.05) is 5.56 Å². The van der Waals surface area contributed by atoms with Crippen LogP contribution in [0, 0.1) is 0 Å². The Kier molecular flexibility index (Phi) is 2.86. The average Bonchev–Trinajstić information content (AvgIpc) is 2.31. The minimum atomic E-state index is 0.159. The first kappa shape index (κ1) is 10.6. The molecule has 0 saturated carbocycles. The number of allylic oxidation sites excluding steroid dienone is 2. The highest BCUT2D eigenvalue weighted by Crippen LogP contribution is 2.33. The number of methoxy groups -OCH3 is 1. The van der Waals surface area contributed by atoms with Gasteiger partial charge in [-0.3, -0.25) is 0 Å². The van der Waals surface area contributed by atoms with Crippen molar-refractivity contribution in [2.75, 3.05) is 7.11 Å². The van der Waals surface area contributed by atoms with Gasteiger partial charge in [-0.05, 0) is 31.1 Å². The van der Waals surface area contributed by atoms with Crippen molar-refractivity contribution in [3.8, 4) is 5.75 Å². The molecule has 0 fully saturated rings. The first-order chi connectivity index (χ1) is 7.74. The summed E-state index contributed by atoms with van der Waals surface area (Å²) in [4.78, 5) is 0. The molecule has 0 unspecified atom stereocenters. The Balaban J connectivity index is 2.68. The molecule has 0 bridgehead atoms. The van der Waals surface area contributed by atoms with Gasteiger partial charge in [-0.15, -0.1) is 0 Å². The molecule has 84 valence electrons. The lowest BCUT2D eigenvalue weighted by Crippen LogP contribution is -1.99. The number of ether oxygens (including phenoxy) is 1. The molecule has 0 heterocycles. The SMILES string of the molecule is COc1cccc2c1/C(O)=C\CC/C=C\2O. The van der Waals surface area contributed by atoms with E-state index < -0.39 is 0 Å². The fourth-order valence-corrected chi connectivity index (χ4v) is 1.83. The van der Waals surface area contributed by atoms with Gasteiger partial charge in [-0.25, -0.2) is 0 Å². The molecule has 1 aliphatic carbocycles. The van der Waals surface area contributed by atoms with Gasteiger partial charge in [-0.2, -0.15) is 0 Å². The van der Waals surface area contributed by atoms with Gasteiger partial charge >= 0.3 is 0 Å². The van der Waals surface area contributed by atoms with Crippen LogP contribution in [0.5, 0.6) is 5.75 Å². The van der Waals surface area contributed by atoms with Crippen LogP contribution in [0.1, 0.15) is 24.0 Å². The van der Waals surface area contributed by atoms with Crippen LogP contribution in [0.2, 0.25) is 0 Å². The molecule has 1 aromatic carbocycles. The highest BCUT2D eigenvalue weighted by Gasteiger charge is 2.16.